The van der Waals surface area contributed by atoms with Gasteiger partial charge in [0.1, 0.15) is 11.8 Å². The highest BCUT2D eigenvalue weighted by Crippen LogP contribution is 2.17. The van der Waals surface area contributed by atoms with Gasteiger partial charge in [0.05, 0.1) is 11.0 Å². The maximum atomic E-state index is 12.4. The standard InChI is InChI=1S/C12H18F2N4O4/c1-12(2,3)22-11(19)17-5-7(6-17)16-4-8(18(20)21)9(15)10(13)14/h4,7,10H,5-6,15H2,1-3H3. The van der Waals surface area contributed by atoms with Crippen molar-refractivity contribution in [3.05, 3.63) is 21.5 Å². The second-order valence-electron chi connectivity index (χ2n) is 5.72. The zero-order chi connectivity index (χ0) is 17.1. The number of rotatable bonds is 4. The fraction of sp³-hybridized carbons (Fsp3) is 0.667. The van der Waals surface area contributed by atoms with Crippen molar-refractivity contribution in [3.63, 3.8) is 0 Å². The summed E-state index contributed by atoms with van der Waals surface area (Å²) >= 11 is 0. The Balaban J connectivity index is 2.59. The predicted molar refractivity (Wildman–Crippen MR) is 74.3 cm³/mol. The number of alkyl halides is 2. The normalized spacial score (nSPS) is 17.5. The highest BCUT2D eigenvalue weighted by atomic mass is 19.3. The van der Waals surface area contributed by atoms with Crippen molar-refractivity contribution in [1.82, 2.24) is 4.90 Å². The number of carbonyl (C=O) groups excluding carboxylic acids is 1. The summed E-state index contributed by atoms with van der Waals surface area (Å²) in [5, 5.41) is 10.7. The number of likely N-dealkylation sites (tertiary alicyclic amines) is 1. The lowest BCUT2D eigenvalue weighted by atomic mass is 10.1. The highest BCUT2D eigenvalue weighted by molar-refractivity contribution is 5.77. The molecule has 1 aliphatic rings. The Morgan fingerprint density at radius 3 is 2.45 bits per heavy atom. The van der Waals surface area contributed by atoms with Gasteiger partial charge in [0, 0.05) is 13.1 Å². The highest BCUT2D eigenvalue weighted by Gasteiger charge is 2.33. The third-order valence-corrected chi connectivity index (χ3v) is 2.65. The number of aliphatic imine (C=N–C) groups is 1. The van der Waals surface area contributed by atoms with E-state index in [1.54, 1.807) is 20.8 Å². The van der Waals surface area contributed by atoms with E-state index in [9.17, 15) is 23.7 Å². The van der Waals surface area contributed by atoms with Crippen molar-refractivity contribution in [2.45, 2.75) is 38.8 Å². The Morgan fingerprint density at radius 1 is 1.50 bits per heavy atom. The van der Waals surface area contributed by atoms with Crippen LogP contribution in [0, 0.1) is 10.1 Å². The molecule has 2 N–H and O–H groups in total. The lowest BCUT2D eigenvalue weighted by Gasteiger charge is -2.37. The summed E-state index contributed by atoms with van der Waals surface area (Å²) in [7, 11) is 0. The molecule has 0 aromatic heterocycles. The van der Waals surface area contributed by atoms with E-state index in [-0.39, 0.29) is 13.1 Å². The number of nitro groups is 1. The Morgan fingerprint density at radius 2 is 2.05 bits per heavy atom. The fourth-order valence-electron chi connectivity index (χ4n) is 1.54. The topological polar surface area (TPSA) is 111 Å². The minimum atomic E-state index is -3.13. The van der Waals surface area contributed by atoms with Gasteiger partial charge in [-0.25, -0.2) is 13.6 Å². The van der Waals surface area contributed by atoms with Crippen LogP contribution in [0.4, 0.5) is 13.6 Å². The van der Waals surface area contributed by atoms with Crippen LogP contribution in [0.15, 0.2) is 16.4 Å². The van der Waals surface area contributed by atoms with E-state index < -0.39 is 40.5 Å². The molecule has 0 aromatic carbocycles. The monoisotopic (exact) mass is 320 g/mol. The van der Waals surface area contributed by atoms with Crippen LogP contribution in [-0.2, 0) is 4.74 Å². The molecule has 0 spiro atoms. The van der Waals surface area contributed by atoms with Crippen LogP contribution < -0.4 is 5.73 Å². The summed E-state index contributed by atoms with van der Waals surface area (Å²) < 4.78 is 29.9. The quantitative estimate of drug-likeness (QED) is 0.478. The summed E-state index contributed by atoms with van der Waals surface area (Å²) in [5.41, 5.74) is 2.26. The molecule has 10 heteroatoms. The molecule has 0 saturated carbocycles. The summed E-state index contributed by atoms with van der Waals surface area (Å²) in [6.07, 6.45) is -2.94. The van der Waals surface area contributed by atoms with Gasteiger partial charge < -0.3 is 15.4 Å². The smallest absolute Gasteiger partial charge is 0.410 e. The average molecular weight is 320 g/mol. The number of hydrogen-bond donors (Lipinski definition) is 1. The first kappa shape index (κ1) is 17.8. The van der Waals surface area contributed by atoms with Gasteiger partial charge in [-0.05, 0) is 20.8 Å². The molecule has 1 heterocycles. The molecule has 8 nitrogen and oxygen atoms in total. The van der Waals surface area contributed by atoms with E-state index in [1.807, 2.05) is 0 Å². The first-order valence-electron chi connectivity index (χ1n) is 6.44. The molecular formula is C12H18F2N4O4. The number of nitrogens with two attached hydrogens (primary N) is 1. The fourth-order valence-corrected chi connectivity index (χ4v) is 1.54. The van der Waals surface area contributed by atoms with Gasteiger partial charge >= 0.3 is 11.8 Å². The number of halogens is 2. The van der Waals surface area contributed by atoms with E-state index in [2.05, 4.69) is 4.99 Å². The van der Waals surface area contributed by atoms with E-state index in [4.69, 9.17) is 10.5 Å². The minimum absolute atomic E-state index is 0.199. The van der Waals surface area contributed by atoms with Gasteiger partial charge in [0.25, 0.3) is 6.43 Å². The van der Waals surface area contributed by atoms with Crippen LogP contribution >= 0.6 is 0 Å². The van der Waals surface area contributed by atoms with Gasteiger partial charge in [0.2, 0.25) is 0 Å². The van der Waals surface area contributed by atoms with Gasteiger partial charge in [0.15, 0.2) is 5.70 Å². The summed E-state index contributed by atoms with van der Waals surface area (Å²) in [6.45, 7) is 5.57. The maximum Gasteiger partial charge on any atom is 0.410 e. The van der Waals surface area contributed by atoms with Crippen LogP contribution in [0.25, 0.3) is 0 Å². The first-order valence-corrected chi connectivity index (χ1v) is 6.44. The zero-order valence-corrected chi connectivity index (χ0v) is 12.5. The zero-order valence-electron chi connectivity index (χ0n) is 12.5. The van der Waals surface area contributed by atoms with E-state index in [0.29, 0.717) is 6.21 Å². The molecule has 1 saturated heterocycles. The van der Waals surface area contributed by atoms with Crippen molar-refractivity contribution in [3.8, 4) is 0 Å². The van der Waals surface area contributed by atoms with Gasteiger partial charge in [-0.1, -0.05) is 0 Å². The van der Waals surface area contributed by atoms with Gasteiger partial charge in [-0.15, -0.1) is 0 Å². The lowest BCUT2D eigenvalue weighted by molar-refractivity contribution is -0.416. The Kier molecular flexibility index (Phi) is 5.39. The van der Waals surface area contributed by atoms with Crippen molar-refractivity contribution in [1.29, 1.82) is 0 Å². The lowest BCUT2D eigenvalue weighted by Crippen LogP contribution is -2.54. The van der Waals surface area contributed by atoms with Crippen molar-refractivity contribution in [2.24, 2.45) is 10.7 Å². The van der Waals surface area contributed by atoms with Crippen LogP contribution in [0.3, 0.4) is 0 Å². The van der Waals surface area contributed by atoms with Crippen molar-refractivity contribution in [2.75, 3.05) is 13.1 Å². The largest absolute Gasteiger partial charge is 0.444 e. The molecule has 0 bridgehead atoms. The third-order valence-electron chi connectivity index (χ3n) is 2.65. The van der Waals surface area contributed by atoms with Crippen LogP contribution in [0.2, 0.25) is 0 Å². The molecule has 1 fully saturated rings. The Hall–Kier alpha value is -2.26. The Bertz CT molecular complexity index is 508. The predicted octanol–water partition coefficient (Wildman–Crippen LogP) is 1.39. The molecule has 0 aliphatic carbocycles. The van der Waals surface area contributed by atoms with Crippen LogP contribution in [0.1, 0.15) is 20.8 Å². The third kappa shape index (κ3) is 4.93. The number of ether oxygens (including phenoxy) is 1. The molecule has 1 rings (SSSR count). The Labute approximate surface area is 125 Å². The van der Waals surface area contributed by atoms with Crippen molar-refractivity contribution < 1.29 is 23.2 Å². The van der Waals surface area contributed by atoms with Gasteiger partial charge in [-0.3, -0.25) is 15.1 Å². The van der Waals surface area contributed by atoms with E-state index >= 15 is 0 Å². The minimum Gasteiger partial charge on any atom is -0.444 e. The summed E-state index contributed by atoms with van der Waals surface area (Å²) in [6, 6.07) is -0.409. The SMILES string of the molecule is CC(C)(C)OC(=O)N1CC(N=CC(=C(N)C(F)F)[N+](=O)[O-])C1. The molecule has 22 heavy (non-hydrogen) atoms. The second kappa shape index (κ2) is 6.67. The molecule has 0 aromatic rings. The van der Waals surface area contributed by atoms with E-state index in [0.717, 1.165) is 0 Å². The van der Waals surface area contributed by atoms with Crippen LogP contribution in [-0.4, -0.2) is 53.3 Å². The number of allylic oxidation sites excluding steroid dienone is 2. The molecule has 0 atom stereocenters. The number of hydrogen-bond acceptors (Lipinski definition) is 6. The molecule has 124 valence electrons. The number of amides is 1. The molecular weight excluding hydrogens is 302 g/mol. The number of carbonyl (C=O) groups is 1. The maximum absolute atomic E-state index is 12.4. The molecule has 1 aliphatic heterocycles. The molecule has 1 amide bonds. The summed E-state index contributed by atoms with van der Waals surface area (Å²) in [4.78, 5) is 26.4. The first-order chi connectivity index (χ1) is 10.0. The molecule has 0 unspecified atom stereocenters. The molecule has 0 radical (unpaired) electrons. The number of nitrogens with zero attached hydrogens (tertiary/aromatic N) is 3. The average Bonchev–Trinajstić information content (AvgIpc) is 2.27. The summed E-state index contributed by atoms with van der Waals surface area (Å²) in [5.74, 6) is 0. The second-order valence-corrected chi connectivity index (χ2v) is 5.72. The van der Waals surface area contributed by atoms with Gasteiger partial charge in [-0.2, -0.15) is 0 Å². The van der Waals surface area contributed by atoms with Crippen LogP contribution in [0.5, 0.6) is 0 Å². The van der Waals surface area contributed by atoms with Crippen molar-refractivity contribution >= 4 is 12.3 Å². The van der Waals surface area contributed by atoms with E-state index in [1.165, 1.54) is 4.90 Å².